The lowest BCUT2D eigenvalue weighted by Crippen LogP contribution is -2.07. The van der Waals surface area contributed by atoms with E-state index in [0.29, 0.717) is 34.5 Å². The average molecular weight is 360 g/mol. The Hall–Kier alpha value is -2.67. The number of nitrogens with one attached hydrogen (secondary N) is 1. The van der Waals surface area contributed by atoms with Crippen LogP contribution in [-0.2, 0) is 16.0 Å². The van der Waals surface area contributed by atoms with Gasteiger partial charge in [0, 0.05) is 11.6 Å². The van der Waals surface area contributed by atoms with Gasteiger partial charge in [0.1, 0.15) is 10.6 Å². The molecule has 0 aliphatic rings. The summed E-state index contributed by atoms with van der Waals surface area (Å²) in [5, 5.41) is 3.04. The second kappa shape index (κ2) is 8.98. The maximum absolute atomic E-state index is 12.1. The van der Waals surface area contributed by atoms with Gasteiger partial charge in [-0.05, 0) is 25.5 Å². The molecule has 1 amide bonds. The molecule has 0 unspecified atom stereocenters. The molecule has 0 atom stereocenters. The first-order chi connectivity index (χ1) is 12.1. The van der Waals surface area contributed by atoms with E-state index in [2.05, 4.69) is 10.3 Å². The molecule has 1 aromatic heterocycles. The highest BCUT2D eigenvalue weighted by atomic mass is 32.1. The molecule has 0 aliphatic carbocycles. The van der Waals surface area contributed by atoms with Gasteiger partial charge in [-0.1, -0.05) is 36.5 Å². The van der Waals surface area contributed by atoms with Crippen molar-refractivity contribution >= 4 is 34.4 Å². The van der Waals surface area contributed by atoms with Crippen LogP contribution in [0, 0.1) is 0 Å². The molecule has 2 aromatic rings. The Morgan fingerprint density at radius 1 is 1.28 bits per heavy atom. The van der Waals surface area contributed by atoms with E-state index in [9.17, 15) is 9.59 Å². The number of hydrogen-bond acceptors (Lipinski definition) is 6. The molecule has 0 radical (unpaired) electrons. The molecule has 25 heavy (non-hydrogen) atoms. The minimum absolute atomic E-state index is 0.334. The first-order valence-corrected chi connectivity index (χ1v) is 8.69. The van der Waals surface area contributed by atoms with Gasteiger partial charge in [0.25, 0.3) is 0 Å². The number of benzene rings is 1. The SMILES string of the molecule is CCOc1ccccc1/C=C/C(=O)Nc1nc(CC)c(C(=O)OC)s1. The number of methoxy groups -OCH3 is 1. The van der Waals surface area contributed by atoms with Crippen molar-refractivity contribution in [2.75, 3.05) is 19.0 Å². The third kappa shape index (κ3) is 4.90. The van der Waals surface area contributed by atoms with Gasteiger partial charge in [0.05, 0.1) is 19.4 Å². The molecule has 0 saturated heterocycles. The van der Waals surface area contributed by atoms with Crippen molar-refractivity contribution in [3.8, 4) is 5.75 Å². The van der Waals surface area contributed by atoms with Crippen molar-refractivity contribution in [1.82, 2.24) is 4.98 Å². The van der Waals surface area contributed by atoms with E-state index >= 15 is 0 Å². The molecule has 0 bridgehead atoms. The largest absolute Gasteiger partial charge is 0.493 e. The number of rotatable bonds is 7. The number of nitrogens with zero attached hydrogens (tertiary/aromatic N) is 1. The summed E-state index contributed by atoms with van der Waals surface area (Å²) in [5.41, 5.74) is 1.42. The van der Waals surface area contributed by atoms with E-state index in [1.165, 1.54) is 13.2 Å². The quantitative estimate of drug-likeness (QED) is 0.604. The molecule has 0 spiro atoms. The zero-order valence-electron chi connectivity index (χ0n) is 14.4. The molecule has 2 rings (SSSR count). The van der Waals surface area contributed by atoms with Crippen molar-refractivity contribution in [3.63, 3.8) is 0 Å². The number of carbonyl (C=O) groups is 2. The number of anilines is 1. The molecular weight excluding hydrogens is 340 g/mol. The molecule has 1 heterocycles. The van der Waals surface area contributed by atoms with Crippen LogP contribution in [0.2, 0.25) is 0 Å². The van der Waals surface area contributed by atoms with Crippen LogP contribution >= 0.6 is 11.3 Å². The van der Waals surface area contributed by atoms with Crippen molar-refractivity contribution in [1.29, 1.82) is 0 Å². The summed E-state index contributed by atoms with van der Waals surface area (Å²) in [7, 11) is 1.32. The molecule has 6 nitrogen and oxygen atoms in total. The minimum Gasteiger partial charge on any atom is -0.493 e. The second-order valence-electron chi connectivity index (χ2n) is 4.93. The summed E-state index contributed by atoms with van der Waals surface area (Å²) in [4.78, 5) is 28.5. The summed E-state index contributed by atoms with van der Waals surface area (Å²) < 4.78 is 10.2. The number of aromatic nitrogens is 1. The highest BCUT2D eigenvalue weighted by molar-refractivity contribution is 7.17. The number of esters is 1. The van der Waals surface area contributed by atoms with Crippen LogP contribution in [0.1, 0.15) is 34.8 Å². The third-order valence-electron chi connectivity index (χ3n) is 3.27. The molecule has 0 aliphatic heterocycles. The smallest absolute Gasteiger partial charge is 0.350 e. The van der Waals surface area contributed by atoms with Crippen LogP contribution in [-0.4, -0.2) is 30.6 Å². The van der Waals surface area contributed by atoms with Gasteiger partial charge in [-0.3, -0.25) is 10.1 Å². The lowest BCUT2D eigenvalue weighted by molar-refractivity contribution is -0.111. The number of ether oxygens (including phenoxy) is 2. The summed E-state index contributed by atoms with van der Waals surface area (Å²) in [6, 6.07) is 7.45. The van der Waals surface area contributed by atoms with Gasteiger partial charge in [-0.15, -0.1) is 0 Å². The summed E-state index contributed by atoms with van der Waals surface area (Å²) in [5.74, 6) is -0.0697. The van der Waals surface area contributed by atoms with Crippen molar-refractivity contribution in [2.24, 2.45) is 0 Å². The first-order valence-electron chi connectivity index (χ1n) is 7.87. The minimum atomic E-state index is -0.448. The van der Waals surface area contributed by atoms with Gasteiger partial charge in [0.2, 0.25) is 5.91 Å². The van der Waals surface area contributed by atoms with E-state index in [4.69, 9.17) is 9.47 Å². The van der Waals surface area contributed by atoms with Gasteiger partial charge in [0.15, 0.2) is 5.13 Å². The van der Waals surface area contributed by atoms with Crippen LogP contribution in [0.5, 0.6) is 5.75 Å². The first kappa shape index (κ1) is 18.7. The standard InChI is InChI=1S/C18H20N2O4S/c1-4-13-16(17(22)23-3)25-18(19-13)20-15(21)11-10-12-8-6-7-9-14(12)24-5-2/h6-11H,4-5H2,1-3H3,(H,19,20,21)/b11-10+. The molecule has 0 fully saturated rings. The monoisotopic (exact) mass is 360 g/mol. The fourth-order valence-corrected chi connectivity index (χ4v) is 3.09. The highest BCUT2D eigenvalue weighted by Gasteiger charge is 2.18. The molecule has 1 aromatic carbocycles. The predicted octanol–water partition coefficient (Wildman–Crippen LogP) is 3.54. The molecule has 132 valence electrons. The number of thiazole rings is 1. The second-order valence-corrected chi connectivity index (χ2v) is 5.93. The van der Waals surface area contributed by atoms with Gasteiger partial charge >= 0.3 is 5.97 Å². The van der Waals surface area contributed by atoms with Crippen molar-refractivity contribution < 1.29 is 19.1 Å². The third-order valence-corrected chi connectivity index (χ3v) is 4.26. The van der Waals surface area contributed by atoms with E-state index < -0.39 is 5.97 Å². The fraction of sp³-hybridized carbons (Fsp3) is 0.278. The summed E-state index contributed by atoms with van der Waals surface area (Å²) >= 11 is 1.10. The van der Waals surface area contributed by atoms with Crippen molar-refractivity contribution in [3.05, 3.63) is 46.5 Å². The topological polar surface area (TPSA) is 77.5 Å². The predicted molar refractivity (Wildman–Crippen MR) is 98.1 cm³/mol. The van der Waals surface area contributed by atoms with Crippen LogP contribution in [0.4, 0.5) is 5.13 Å². The zero-order chi connectivity index (χ0) is 18.2. The molecular formula is C18H20N2O4S. The number of carbonyl (C=O) groups excluding carboxylic acids is 2. The van der Waals surface area contributed by atoms with E-state index in [0.717, 1.165) is 16.9 Å². The van der Waals surface area contributed by atoms with Gasteiger partial charge in [-0.2, -0.15) is 0 Å². The Morgan fingerprint density at radius 2 is 2.04 bits per heavy atom. The Kier molecular flexibility index (Phi) is 6.71. The van der Waals surface area contributed by atoms with Gasteiger partial charge < -0.3 is 9.47 Å². The number of hydrogen-bond donors (Lipinski definition) is 1. The number of aryl methyl sites for hydroxylation is 1. The maximum atomic E-state index is 12.1. The summed E-state index contributed by atoms with van der Waals surface area (Å²) in [6.45, 7) is 4.34. The lowest BCUT2D eigenvalue weighted by Gasteiger charge is -2.06. The van der Waals surface area contributed by atoms with Crippen LogP contribution in [0.3, 0.4) is 0 Å². The number of amides is 1. The Morgan fingerprint density at radius 3 is 2.72 bits per heavy atom. The van der Waals surface area contributed by atoms with E-state index in [-0.39, 0.29) is 5.91 Å². The Labute approximate surface area is 150 Å². The molecule has 1 N–H and O–H groups in total. The van der Waals surface area contributed by atoms with Gasteiger partial charge in [-0.25, -0.2) is 9.78 Å². The Bertz CT molecular complexity index is 783. The molecule has 7 heteroatoms. The average Bonchev–Trinajstić information content (AvgIpc) is 3.03. The van der Waals surface area contributed by atoms with Crippen LogP contribution in [0.15, 0.2) is 30.3 Å². The highest BCUT2D eigenvalue weighted by Crippen LogP contribution is 2.24. The fourth-order valence-electron chi connectivity index (χ4n) is 2.11. The zero-order valence-corrected chi connectivity index (χ0v) is 15.2. The number of para-hydroxylation sites is 1. The normalized spacial score (nSPS) is 10.7. The van der Waals surface area contributed by atoms with E-state index in [1.807, 2.05) is 38.1 Å². The Balaban J connectivity index is 2.10. The molecule has 0 saturated carbocycles. The van der Waals surface area contributed by atoms with Crippen molar-refractivity contribution in [2.45, 2.75) is 20.3 Å². The summed E-state index contributed by atoms with van der Waals surface area (Å²) in [6.07, 6.45) is 3.66. The van der Waals surface area contributed by atoms with Crippen LogP contribution in [0.25, 0.3) is 6.08 Å². The lowest BCUT2D eigenvalue weighted by atomic mass is 10.2. The maximum Gasteiger partial charge on any atom is 0.350 e. The van der Waals surface area contributed by atoms with Crippen LogP contribution < -0.4 is 10.1 Å². The van der Waals surface area contributed by atoms with E-state index in [1.54, 1.807) is 6.08 Å².